The van der Waals surface area contributed by atoms with E-state index >= 15 is 0 Å². The van der Waals surface area contributed by atoms with E-state index in [9.17, 15) is 18.0 Å². The zero-order valence-electron chi connectivity index (χ0n) is 23.2. The molecule has 0 saturated heterocycles. The molecule has 3 rings (SSSR count). The first-order valence-corrected chi connectivity index (χ1v) is 15.2. The lowest BCUT2D eigenvalue weighted by atomic mass is 10.0. The molecule has 2 amide bonds. The molecule has 214 valence electrons. The summed E-state index contributed by atoms with van der Waals surface area (Å²) in [6.45, 7) is 3.47. The predicted molar refractivity (Wildman–Crippen MR) is 159 cm³/mol. The minimum Gasteiger partial charge on any atom is -0.497 e. The van der Waals surface area contributed by atoms with Crippen molar-refractivity contribution >= 4 is 39.1 Å². The van der Waals surface area contributed by atoms with Crippen LogP contribution in [0.4, 0.5) is 5.69 Å². The lowest BCUT2D eigenvalue weighted by molar-refractivity contribution is -0.140. The fourth-order valence-corrected chi connectivity index (χ4v) is 5.12. The Hall–Kier alpha value is -3.56. The van der Waals surface area contributed by atoms with Gasteiger partial charge in [0.15, 0.2) is 0 Å². The van der Waals surface area contributed by atoms with Gasteiger partial charge in [0.25, 0.3) is 0 Å². The van der Waals surface area contributed by atoms with E-state index in [1.807, 2.05) is 44.2 Å². The number of anilines is 1. The third-order valence-corrected chi connectivity index (χ3v) is 7.97. The van der Waals surface area contributed by atoms with Crippen molar-refractivity contribution in [1.82, 2.24) is 10.2 Å². The van der Waals surface area contributed by atoms with Gasteiger partial charge in [-0.05, 0) is 60.9 Å². The van der Waals surface area contributed by atoms with Crippen molar-refractivity contribution in [3.8, 4) is 5.75 Å². The monoisotopic (exact) mass is 585 g/mol. The average molecular weight is 586 g/mol. The van der Waals surface area contributed by atoms with Gasteiger partial charge in [-0.2, -0.15) is 0 Å². The van der Waals surface area contributed by atoms with Crippen molar-refractivity contribution in [3.05, 3.63) is 95.0 Å². The van der Waals surface area contributed by atoms with E-state index in [2.05, 4.69) is 5.32 Å². The molecule has 2 atom stereocenters. The number of halogens is 1. The molecule has 0 fully saturated rings. The number of sulfonamides is 1. The molecular formula is C30H36ClN3O5S. The molecule has 0 aliphatic rings. The Kier molecular flexibility index (Phi) is 11.0. The molecule has 3 aromatic rings. The van der Waals surface area contributed by atoms with Crippen molar-refractivity contribution in [1.29, 1.82) is 0 Å². The van der Waals surface area contributed by atoms with Gasteiger partial charge in [0.1, 0.15) is 18.3 Å². The summed E-state index contributed by atoms with van der Waals surface area (Å²) in [6, 6.07) is 21.8. The van der Waals surface area contributed by atoms with Crippen LogP contribution in [0.3, 0.4) is 0 Å². The lowest BCUT2D eigenvalue weighted by Crippen LogP contribution is -2.54. The second-order valence-electron chi connectivity index (χ2n) is 9.64. The van der Waals surface area contributed by atoms with Crippen LogP contribution in [0.15, 0.2) is 78.9 Å². The Morgan fingerprint density at radius 3 is 2.12 bits per heavy atom. The predicted octanol–water partition coefficient (Wildman–Crippen LogP) is 4.67. The first-order chi connectivity index (χ1) is 19.0. The van der Waals surface area contributed by atoms with Crippen LogP contribution in [-0.4, -0.2) is 57.1 Å². The first kappa shape index (κ1) is 31.0. The molecule has 10 heteroatoms. The van der Waals surface area contributed by atoms with Crippen molar-refractivity contribution in [2.24, 2.45) is 0 Å². The van der Waals surface area contributed by atoms with Gasteiger partial charge in [0.05, 0.1) is 19.1 Å². The van der Waals surface area contributed by atoms with Crippen molar-refractivity contribution < 1.29 is 22.7 Å². The standard InChI is InChI=1S/C30H36ClN3O5S/c1-5-22(2)32-30(36)28(19-23-9-7-6-8-10-23)33(20-24-11-13-25(31)14-12-24)29(35)21-34(40(4,37)38)26-15-17-27(39-3)18-16-26/h6-18,22,28H,5,19-21H2,1-4H3,(H,32,36)/t22-,28-/m0/s1. The summed E-state index contributed by atoms with van der Waals surface area (Å²) in [6.07, 6.45) is 2.02. The maximum atomic E-state index is 14.0. The molecule has 40 heavy (non-hydrogen) atoms. The molecule has 0 bridgehead atoms. The molecule has 0 unspecified atom stereocenters. The van der Waals surface area contributed by atoms with Crippen LogP contribution in [-0.2, 0) is 32.6 Å². The zero-order chi connectivity index (χ0) is 29.3. The maximum absolute atomic E-state index is 14.0. The van der Waals surface area contributed by atoms with Crippen LogP contribution in [0.1, 0.15) is 31.4 Å². The minimum absolute atomic E-state index is 0.0850. The highest BCUT2D eigenvalue weighted by Gasteiger charge is 2.33. The Balaban J connectivity index is 2.04. The van der Waals surface area contributed by atoms with Crippen molar-refractivity contribution in [2.75, 3.05) is 24.2 Å². The topological polar surface area (TPSA) is 96.0 Å². The van der Waals surface area contributed by atoms with E-state index in [-0.39, 0.29) is 24.9 Å². The highest BCUT2D eigenvalue weighted by atomic mass is 35.5. The van der Waals surface area contributed by atoms with Gasteiger partial charge >= 0.3 is 0 Å². The average Bonchev–Trinajstić information content (AvgIpc) is 2.94. The molecule has 0 radical (unpaired) electrons. The first-order valence-electron chi connectivity index (χ1n) is 13.0. The van der Waals surface area contributed by atoms with Gasteiger partial charge in [0, 0.05) is 24.0 Å². The molecule has 1 N–H and O–H groups in total. The Bertz CT molecular complexity index is 1370. The summed E-state index contributed by atoms with van der Waals surface area (Å²) in [5.74, 6) is -0.273. The molecule has 0 aromatic heterocycles. The summed E-state index contributed by atoms with van der Waals surface area (Å²) < 4.78 is 31.9. The van der Waals surface area contributed by atoms with E-state index in [4.69, 9.17) is 16.3 Å². The minimum atomic E-state index is -3.85. The Labute approximate surface area is 241 Å². The van der Waals surface area contributed by atoms with Gasteiger partial charge < -0.3 is 15.0 Å². The fraction of sp³-hybridized carbons (Fsp3) is 0.333. The Morgan fingerprint density at radius 2 is 1.57 bits per heavy atom. The number of ether oxygens (including phenoxy) is 1. The third kappa shape index (κ3) is 8.72. The molecule has 0 aliphatic heterocycles. The van der Waals surface area contributed by atoms with Crippen molar-refractivity contribution in [2.45, 2.75) is 45.3 Å². The van der Waals surface area contributed by atoms with E-state index in [0.29, 0.717) is 22.9 Å². The number of carbonyl (C=O) groups is 2. The highest BCUT2D eigenvalue weighted by molar-refractivity contribution is 7.92. The number of carbonyl (C=O) groups excluding carboxylic acids is 2. The summed E-state index contributed by atoms with van der Waals surface area (Å²) in [4.78, 5) is 29.2. The molecule has 0 aliphatic carbocycles. The van der Waals surface area contributed by atoms with Gasteiger partial charge in [-0.15, -0.1) is 0 Å². The number of rotatable bonds is 13. The summed E-state index contributed by atoms with van der Waals surface area (Å²) in [7, 11) is -2.33. The van der Waals surface area contributed by atoms with E-state index in [1.165, 1.54) is 12.0 Å². The second-order valence-corrected chi connectivity index (χ2v) is 12.0. The zero-order valence-corrected chi connectivity index (χ0v) is 24.8. The molecule has 0 heterocycles. The van der Waals surface area contributed by atoms with E-state index in [1.54, 1.807) is 48.5 Å². The van der Waals surface area contributed by atoms with Crippen LogP contribution < -0.4 is 14.4 Å². The van der Waals surface area contributed by atoms with Gasteiger partial charge in [-0.25, -0.2) is 8.42 Å². The van der Waals surface area contributed by atoms with Crippen LogP contribution in [0.5, 0.6) is 5.75 Å². The number of methoxy groups -OCH3 is 1. The molecular weight excluding hydrogens is 550 g/mol. The summed E-state index contributed by atoms with van der Waals surface area (Å²) in [5.41, 5.74) is 1.94. The van der Waals surface area contributed by atoms with Crippen molar-refractivity contribution in [3.63, 3.8) is 0 Å². The van der Waals surface area contributed by atoms with Crippen LogP contribution in [0.2, 0.25) is 5.02 Å². The number of nitrogens with one attached hydrogen (secondary N) is 1. The normalized spacial score (nSPS) is 12.7. The highest BCUT2D eigenvalue weighted by Crippen LogP contribution is 2.23. The van der Waals surface area contributed by atoms with E-state index in [0.717, 1.165) is 21.7 Å². The largest absolute Gasteiger partial charge is 0.497 e. The Morgan fingerprint density at radius 1 is 0.950 bits per heavy atom. The molecule has 3 aromatic carbocycles. The number of nitrogens with zero attached hydrogens (tertiary/aromatic N) is 2. The maximum Gasteiger partial charge on any atom is 0.244 e. The molecule has 8 nitrogen and oxygen atoms in total. The van der Waals surface area contributed by atoms with Crippen LogP contribution in [0.25, 0.3) is 0 Å². The van der Waals surface area contributed by atoms with Gasteiger partial charge in [-0.3, -0.25) is 13.9 Å². The fourth-order valence-electron chi connectivity index (χ4n) is 4.14. The quantitative estimate of drug-likeness (QED) is 0.314. The number of hydrogen-bond acceptors (Lipinski definition) is 5. The van der Waals surface area contributed by atoms with Crippen LogP contribution in [0, 0.1) is 0 Å². The number of benzene rings is 3. The van der Waals surface area contributed by atoms with Gasteiger partial charge in [-0.1, -0.05) is 61.0 Å². The summed E-state index contributed by atoms with van der Waals surface area (Å²) in [5, 5.41) is 3.55. The number of hydrogen-bond donors (Lipinski definition) is 1. The SMILES string of the molecule is CC[C@H](C)NC(=O)[C@H](Cc1ccccc1)N(Cc1ccc(Cl)cc1)C(=O)CN(c1ccc(OC)cc1)S(C)(=O)=O. The molecule has 0 spiro atoms. The van der Waals surface area contributed by atoms with Crippen LogP contribution >= 0.6 is 11.6 Å². The van der Waals surface area contributed by atoms with Gasteiger partial charge in [0.2, 0.25) is 21.8 Å². The second kappa shape index (κ2) is 14.2. The number of amides is 2. The summed E-state index contributed by atoms with van der Waals surface area (Å²) >= 11 is 6.09. The molecule has 0 saturated carbocycles. The van der Waals surface area contributed by atoms with E-state index < -0.39 is 28.5 Å². The smallest absolute Gasteiger partial charge is 0.244 e. The lowest BCUT2D eigenvalue weighted by Gasteiger charge is -2.34. The third-order valence-electron chi connectivity index (χ3n) is 6.58.